The molecule has 1 unspecified atom stereocenters. The number of carbonyl (C=O) groups is 3. The molecule has 0 heterocycles. The third-order valence-electron chi connectivity index (χ3n) is 7.56. The molecule has 0 amide bonds. The third kappa shape index (κ3) is 17.4. The van der Waals surface area contributed by atoms with Crippen LogP contribution in [0.25, 0.3) is 0 Å². The summed E-state index contributed by atoms with van der Waals surface area (Å²) in [4.78, 5) is 35.9. The summed E-state index contributed by atoms with van der Waals surface area (Å²) in [5.74, 6) is -43.3. The maximum atomic E-state index is 13.7. The fraction of sp³-hybridized carbons (Fsp3) is 0.710. The van der Waals surface area contributed by atoms with E-state index >= 15 is 0 Å². The van der Waals surface area contributed by atoms with Crippen LogP contribution in [0.2, 0.25) is 0 Å². The average molecular weight is 1170 g/mol. The molecule has 418 valence electrons. The minimum atomic E-state index is -7.14. The lowest BCUT2D eigenvalue weighted by atomic mass is 10.1. The van der Waals surface area contributed by atoms with Crippen LogP contribution in [0.15, 0.2) is 18.2 Å². The summed E-state index contributed by atoms with van der Waals surface area (Å²) in [6, 6.07) is 2.26. The van der Waals surface area contributed by atoms with E-state index in [0.29, 0.717) is 21.7 Å². The Balaban J connectivity index is 0. The number of benzene rings is 1. The summed E-state index contributed by atoms with van der Waals surface area (Å²) in [6.07, 6.45) is -20.6. The molecule has 40 heteroatoms. The van der Waals surface area contributed by atoms with Crippen molar-refractivity contribution in [2.45, 2.75) is 70.1 Å². The number of carbonyl (C=O) groups excluding carboxylic acids is 3. The molecular formula is C31H30F27N3O7S3. The molecule has 10 nitrogen and oxygen atoms in total. The number of likely N-dealkylation sites (N-methyl/N-ethyl adjacent to an activating group) is 3. The summed E-state index contributed by atoms with van der Waals surface area (Å²) in [5.41, 5.74) is -5.82. The predicted molar refractivity (Wildman–Crippen MR) is 191 cm³/mol. The maximum Gasteiger partial charge on any atom is 0.460 e. The van der Waals surface area contributed by atoms with Gasteiger partial charge in [0.1, 0.15) is 19.5 Å². The van der Waals surface area contributed by atoms with Crippen molar-refractivity contribution in [1.29, 1.82) is 0 Å². The fourth-order valence-corrected chi connectivity index (χ4v) is 6.18. The van der Waals surface area contributed by atoms with Crippen molar-refractivity contribution in [1.82, 2.24) is 12.9 Å². The fourth-order valence-electron chi connectivity index (χ4n) is 3.80. The van der Waals surface area contributed by atoms with Crippen LogP contribution in [0, 0.1) is 0 Å². The van der Waals surface area contributed by atoms with Gasteiger partial charge in [0.15, 0.2) is 0 Å². The molecule has 0 saturated carbocycles. The Bertz CT molecular complexity index is 1860. The second-order valence-corrected chi connectivity index (χ2v) is 16.8. The number of hydrogen-bond donors (Lipinski definition) is 1. The van der Waals surface area contributed by atoms with Crippen LogP contribution >= 0.6 is 35.8 Å². The SMILES string of the molecule is CN(CCOC(=O)c1cc(C=O)cc(C(=O)OCCN(C)SC(F)(F)C(F)(F)C(F)(F)C(F)(F)F)c1)SC(F)C(F)(F)C(F)(F)C(F)(F)F.COCCN(C)SC(F)(F)C(F)(F)C(F)(F)C(F)(F)F.OF. The smallest absolute Gasteiger partial charge is 0.460 e. The van der Waals surface area contributed by atoms with E-state index in [1.165, 1.54) is 0 Å². The molecule has 0 bridgehead atoms. The molecule has 0 saturated heterocycles. The van der Waals surface area contributed by atoms with Crippen LogP contribution in [0.3, 0.4) is 0 Å². The molecule has 0 spiro atoms. The van der Waals surface area contributed by atoms with Gasteiger partial charge >= 0.3 is 76.5 Å². The number of esters is 2. The number of halogens is 27. The van der Waals surface area contributed by atoms with Gasteiger partial charge in [0, 0.05) is 56.2 Å². The zero-order chi connectivity index (χ0) is 57.0. The second-order valence-electron chi connectivity index (χ2n) is 12.9. The van der Waals surface area contributed by atoms with Crippen LogP contribution in [-0.2, 0) is 14.2 Å². The number of methoxy groups -OCH3 is 1. The number of alkyl halides is 26. The molecule has 0 aliphatic heterocycles. The van der Waals surface area contributed by atoms with E-state index in [1.807, 2.05) is 0 Å². The normalized spacial score (nSPS) is 14.4. The number of rotatable bonds is 24. The van der Waals surface area contributed by atoms with Gasteiger partial charge in [-0.05, 0) is 51.3 Å². The minimum absolute atomic E-state index is 0.0295. The molecular weight excluding hydrogens is 1140 g/mol. The molecule has 1 rings (SSSR count). The first-order valence-electron chi connectivity index (χ1n) is 17.2. The Hall–Kier alpha value is -3.21. The highest BCUT2D eigenvalue weighted by atomic mass is 32.2. The number of nitrogens with zero attached hydrogens (tertiary/aromatic N) is 3. The van der Waals surface area contributed by atoms with Gasteiger partial charge in [-0.1, -0.05) is 4.53 Å². The maximum absolute atomic E-state index is 13.7. The average Bonchev–Trinajstić information content (AvgIpc) is 3.21. The Morgan fingerprint density at radius 3 is 1.14 bits per heavy atom. The van der Waals surface area contributed by atoms with E-state index in [1.54, 1.807) is 0 Å². The Labute approximate surface area is 392 Å². The zero-order valence-electron chi connectivity index (χ0n) is 34.8. The van der Waals surface area contributed by atoms with Crippen LogP contribution in [-0.4, -0.2) is 174 Å². The summed E-state index contributed by atoms with van der Waals surface area (Å²) >= 11 is -3.36. The van der Waals surface area contributed by atoms with Crippen molar-refractivity contribution in [2.24, 2.45) is 0 Å². The molecule has 0 aliphatic carbocycles. The van der Waals surface area contributed by atoms with E-state index in [9.17, 15) is 129 Å². The van der Waals surface area contributed by atoms with Gasteiger partial charge in [0.25, 0.3) is 0 Å². The van der Waals surface area contributed by atoms with Crippen LogP contribution in [0.1, 0.15) is 31.1 Å². The topological polar surface area (TPSA) is 109 Å². The second kappa shape index (κ2) is 25.8. The van der Waals surface area contributed by atoms with Gasteiger partial charge in [-0.3, -0.25) is 4.79 Å². The van der Waals surface area contributed by atoms with Crippen molar-refractivity contribution in [3.8, 4) is 0 Å². The summed E-state index contributed by atoms with van der Waals surface area (Å²) < 4.78 is 356. The number of aldehydes is 1. The van der Waals surface area contributed by atoms with Gasteiger partial charge in [-0.15, -0.1) is 0 Å². The minimum Gasteiger partial charge on any atom is -0.461 e. The van der Waals surface area contributed by atoms with E-state index < -0.39 is 161 Å². The largest absolute Gasteiger partial charge is 0.461 e. The van der Waals surface area contributed by atoms with Crippen LogP contribution in [0.5, 0.6) is 0 Å². The van der Waals surface area contributed by atoms with Crippen molar-refractivity contribution < 1.29 is 153 Å². The lowest BCUT2D eigenvalue weighted by molar-refractivity contribution is -0.381. The monoisotopic (exact) mass is 1170 g/mol. The molecule has 0 radical (unpaired) electrons. The summed E-state index contributed by atoms with van der Waals surface area (Å²) in [6.45, 7) is -4.24. The first kappa shape index (κ1) is 69.9. The quantitative estimate of drug-likeness (QED) is 0.0460. The van der Waals surface area contributed by atoms with Gasteiger partial charge in [-0.2, -0.15) is 110 Å². The standard InChI is InChI=1S/C23H19F17N2O5S2.C8H10F9NOS.FHO/c1-41(48-16(24)17(25,26)18(27,28)21(33,34)35)3-5-46-14(44)12-7-11(10-43)8-13(9-12)15(45)47-6-4-42(2)49-23(39,40)20(31,32)19(29,30)22(36,37)38;1-18(3-4-19-2)20-8(16,17)6(11,12)5(9,10)7(13,14)15;1-2/h7-10,16H,3-6H2,1-2H3;3-4H2,1-2H3;2H. The third-order valence-corrected chi connectivity index (χ3v) is 10.5. The van der Waals surface area contributed by atoms with Gasteiger partial charge < -0.3 is 14.2 Å². The lowest BCUT2D eigenvalue weighted by Gasteiger charge is -2.34. The highest BCUT2D eigenvalue weighted by Crippen LogP contribution is 2.58. The molecule has 0 aliphatic rings. The molecule has 0 fully saturated rings. The Kier molecular flexibility index (Phi) is 25.4. The summed E-state index contributed by atoms with van der Waals surface area (Å²) in [7, 11) is 3.25. The Morgan fingerprint density at radius 2 is 0.845 bits per heavy atom. The van der Waals surface area contributed by atoms with E-state index in [-0.39, 0.29) is 23.7 Å². The van der Waals surface area contributed by atoms with E-state index in [0.717, 1.165) is 33.3 Å². The molecule has 1 N–H and O–H groups in total. The van der Waals surface area contributed by atoms with Crippen molar-refractivity contribution >= 4 is 54.1 Å². The van der Waals surface area contributed by atoms with Crippen LogP contribution in [0.4, 0.5) is 119 Å². The first-order valence-corrected chi connectivity index (χ1v) is 19.6. The van der Waals surface area contributed by atoms with Crippen LogP contribution < -0.4 is 0 Å². The molecule has 1 atom stereocenters. The molecule has 0 aromatic heterocycles. The first-order chi connectivity index (χ1) is 31.6. The van der Waals surface area contributed by atoms with Gasteiger partial charge in [0.2, 0.25) is 5.50 Å². The highest BCUT2D eigenvalue weighted by Gasteiger charge is 2.83. The Morgan fingerprint density at radius 1 is 0.535 bits per heavy atom. The molecule has 1 aromatic rings. The van der Waals surface area contributed by atoms with E-state index in [2.05, 4.69) is 14.2 Å². The van der Waals surface area contributed by atoms with Gasteiger partial charge in [-0.25, -0.2) is 32.2 Å². The van der Waals surface area contributed by atoms with Gasteiger partial charge in [0.05, 0.1) is 17.7 Å². The molecule has 1 aromatic carbocycles. The number of ether oxygens (including phenoxy) is 3. The van der Waals surface area contributed by atoms with Crippen molar-refractivity contribution in [2.75, 3.05) is 67.7 Å². The summed E-state index contributed by atoms with van der Waals surface area (Å²) in [5, 5.41) is -6.19. The highest BCUT2D eigenvalue weighted by molar-refractivity contribution is 7.98. The van der Waals surface area contributed by atoms with E-state index in [4.69, 9.17) is 9.84 Å². The van der Waals surface area contributed by atoms with Crippen molar-refractivity contribution in [3.05, 3.63) is 34.9 Å². The predicted octanol–water partition coefficient (Wildman–Crippen LogP) is 11.0. The zero-order valence-corrected chi connectivity index (χ0v) is 37.2. The van der Waals surface area contributed by atoms with Crippen molar-refractivity contribution in [3.63, 3.8) is 0 Å². The lowest BCUT2D eigenvalue weighted by Crippen LogP contribution is -2.60. The molecule has 71 heavy (non-hydrogen) atoms. The number of hydrogen-bond acceptors (Lipinski definition) is 13.